The zero-order valence-electron chi connectivity index (χ0n) is 15.1. The lowest BCUT2D eigenvalue weighted by Crippen LogP contribution is -2.34. The highest BCUT2D eigenvalue weighted by Crippen LogP contribution is 2.38. The number of benzene rings is 2. The second-order valence-corrected chi connectivity index (χ2v) is 9.01. The number of hydrogen-bond acceptors (Lipinski definition) is 4. The van der Waals surface area contributed by atoms with Crippen molar-refractivity contribution in [2.45, 2.75) is 29.6 Å². The molecule has 1 fully saturated rings. The van der Waals surface area contributed by atoms with E-state index >= 15 is 0 Å². The third kappa shape index (κ3) is 3.18. The molecule has 2 heterocycles. The SMILES string of the molecule is CC1CCN(c2c(S(=O)(=O)c3ccccc3)cnc3c(F)cccc23)CC1. The Hall–Kier alpha value is -2.47. The van der Waals surface area contributed by atoms with Crippen molar-refractivity contribution in [3.05, 3.63) is 60.5 Å². The molecule has 0 N–H and O–H groups in total. The molecule has 6 heteroatoms. The van der Waals surface area contributed by atoms with Crippen molar-refractivity contribution in [3.63, 3.8) is 0 Å². The Bertz CT molecular complexity index is 1080. The fourth-order valence-electron chi connectivity index (χ4n) is 3.64. The number of hydrogen-bond donors (Lipinski definition) is 0. The van der Waals surface area contributed by atoms with Crippen LogP contribution in [-0.4, -0.2) is 26.5 Å². The van der Waals surface area contributed by atoms with Crippen molar-refractivity contribution in [3.8, 4) is 0 Å². The van der Waals surface area contributed by atoms with Crippen molar-refractivity contribution < 1.29 is 12.8 Å². The molecule has 1 aliphatic rings. The zero-order chi connectivity index (χ0) is 19.0. The van der Waals surface area contributed by atoms with Crippen molar-refractivity contribution >= 4 is 26.4 Å². The van der Waals surface area contributed by atoms with Gasteiger partial charge in [-0.25, -0.2) is 12.8 Å². The fourth-order valence-corrected chi connectivity index (χ4v) is 5.09. The van der Waals surface area contributed by atoms with Gasteiger partial charge in [-0.3, -0.25) is 4.98 Å². The van der Waals surface area contributed by atoms with Gasteiger partial charge in [0, 0.05) is 24.7 Å². The summed E-state index contributed by atoms with van der Waals surface area (Å²) >= 11 is 0. The molecule has 0 bridgehead atoms. The molecule has 0 radical (unpaired) electrons. The molecule has 1 saturated heterocycles. The van der Waals surface area contributed by atoms with E-state index < -0.39 is 15.7 Å². The van der Waals surface area contributed by atoms with E-state index in [0.717, 1.165) is 25.9 Å². The predicted molar refractivity (Wildman–Crippen MR) is 104 cm³/mol. The predicted octanol–water partition coefficient (Wildman–Crippen LogP) is 4.44. The van der Waals surface area contributed by atoms with Crippen molar-refractivity contribution in [1.82, 2.24) is 4.98 Å². The minimum Gasteiger partial charge on any atom is -0.370 e. The number of sulfone groups is 1. The highest BCUT2D eigenvalue weighted by atomic mass is 32.2. The highest BCUT2D eigenvalue weighted by Gasteiger charge is 2.28. The molecule has 0 unspecified atom stereocenters. The molecule has 3 aromatic rings. The average Bonchev–Trinajstić information content (AvgIpc) is 2.69. The molecular weight excluding hydrogens is 363 g/mol. The third-order valence-electron chi connectivity index (χ3n) is 5.23. The normalized spacial score (nSPS) is 16.0. The van der Waals surface area contributed by atoms with Crippen LogP contribution in [0.25, 0.3) is 10.9 Å². The molecule has 140 valence electrons. The van der Waals surface area contributed by atoms with E-state index in [-0.39, 0.29) is 15.3 Å². The second kappa shape index (κ2) is 6.93. The van der Waals surface area contributed by atoms with E-state index in [1.54, 1.807) is 42.5 Å². The van der Waals surface area contributed by atoms with Gasteiger partial charge in [-0.05, 0) is 37.0 Å². The van der Waals surface area contributed by atoms with Gasteiger partial charge in [0.05, 0.1) is 10.6 Å². The van der Waals surface area contributed by atoms with Crippen LogP contribution in [0.3, 0.4) is 0 Å². The maximum atomic E-state index is 14.3. The minimum absolute atomic E-state index is 0.140. The quantitative estimate of drug-likeness (QED) is 0.670. The highest BCUT2D eigenvalue weighted by molar-refractivity contribution is 7.91. The van der Waals surface area contributed by atoms with Crippen LogP contribution in [-0.2, 0) is 9.84 Å². The Morgan fingerprint density at radius 1 is 1.04 bits per heavy atom. The smallest absolute Gasteiger partial charge is 0.210 e. The summed E-state index contributed by atoms with van der Waals surface area (Å²) in [6.45, 7) is 3.69. The molecular formula is C21H21FN2O2S. The van der Waals surface area contributed by atoms with E-state index in [4.69, 9.17) is 0 Å². The number of fused-ring (bicyclic) bond motifs is 1. The number of para-hydroxylation sites is 1. The van der Waals surface area contributed by atoms with Crippen LogP contribution in [0.15, 0.2) is 64.5 Å². The maximum Gasteiger partial charge on any atom is 0.210 e. The summed E-state index contributed by atoms with van der Waals surface area (Å²) in [6.07, 6.45) is 3.26. The lowest BCUT2D eigenvalue weighted by molar-refractivity contribution is 0.437. The molecule has 0 spiro atoms. The van der Waals surface area contributed by atoms with Gasteiger partial charge in [0.15, 0.2) is 0 Å². The first-order chi connectivity index (χ1) is 13.0. The number of piperidine rings is 1. The standard InChI is InChI=1S/C21H21FN2O2S/c1-15-10-12-24(13-11-15)21-17-8-5-9-18(22)20(17)23-14-19(21)27(25,26)16-6-3-2-4-7-16/h2-9,14-15H,10-13H2,1H3. The van der Waals surface area contributed by atoms with Crippen LogP contribution in [0.4, 0.5) is 10.1 Å². The van der Waals surface area contributed by atoms with Gasteiger partial charge in [0.2, 0.25) is 9.84 Å². The molecule has 0 atom stereocenters. The molecule has 2 aromatic carbocycles. The van der Waals surface area contributed by atoms with Gasteiger partial charge in [0.1, 0.15) is 16.2 Å². The largest absolute Gasteiger partial charge is 0.370 e. The van der Waals surface area contributed by atoms with Gasteiger partial charge >= 0.3 is 0 Å². The summed E-state index contributed by atoms with van der Waals surface area (Å²) in [5.74, 6) is 0.156. The molecule has 27 heavy (non-hydrogen) atoms. The summed E-state index contributed by atoms with van der Waals surface area (Å²) in [4.78, 5) is 6.59. The molecule has 1 aromatic heterocycles. The molecule has 4 nitrogen and oxygen atoms in total. The number of aromatic nitrogens is 1. The number of pyridine rings is 1. The van der Waals surface area contributed by atoms with Gasteiger partial charge in [0.25, 0.3) is 0 Å². The van der Waals surface area contributed by atoms with Crippen molar-refractivity contribution in [2.75, 3.05) is 18.0 Å². The third-order valence-corrected chi connectivity index (χ3v) is 7.00. The van der Waals surface area contributed by atoms with Crippen LogP contribution < -0.4 is 4.90 Å². The number of nitrogens with zero attached hydrogens (tertiary/aromatic N) is 2. The second-order valence-electron chi connectivity index (χ2n) is 7.09. The molecule has 0 saturated carbocycles. The fraction of sp³-hybridized carbons (Fsp3) is 0.286. The Morgan fingerprint density at radius 3 is 2.44 bits per heavy atom. The first-order valence-electron chi connectivity index (χ1n) is 9.11. The first kappa shape index (κ1) is 17.9. The van der Waals surface area contributed by atoms with Gasteiger partial charge in [-0.2, -0.15) is 0 Å². The Balaban J connectivity index is 1.97. The number of halogens is 1. The summed E-state index contributed by atoms with van der Waals surface area (Å²) < 4.78 is 41.0. The first-order valence-corrected chi connectivity index (χ1v) is 10.6. The number of rotatable bonds is 3. The maximum absolute atomic E-state index is 14.3. The summed E-state index contributed by atoms with van der Waals surface area (Å²) in [7, 11) is -3.76. The monoisotopic (exact) mass is 384 g/mol. The van der Waals surface area contributed by atoms with E-state index in [1.165, 1.54) is 12.3 Å². The topological polar surface area (TPSA) is 50.3 Å². The Kier molecular flexibility index (Phi) is 4.60. The van der Waals surface area contributed by atoms with E-state index in [9.17, 15) is 12.8 Å². The summed E-state index contributed by atoms with van der Waals surface area (Å²) in [5.41, 5.74) is 0.772. The molecule has 0 amide bonds. The van der Waals surface area contributed by atoms with Crippen molar-refractivity contribution in [2.24, 2.45) is 5.92 Å². The van der Waals surface area contributed by atoms with Crippen LogP contribution in [0.2, 0.25) is 0 Å². The van der Waals surface area contributed by atoms with Crippen LogP contribution >= 0.6 is 0 Å². The molecule has 0 aliphatic carbocycles. The van der Waals surface area contributed by atoms with Gasteiger partial charge < -0.3 is 4.90 Å². The zero-order valence-corrected chi connectivity index (χ0v) is 15.9. The van der Waals surface area contributed by atoms with Gasteiger partial charge in [-0.1, -0.05) is 37.3 Å². The van der Waals surface area contributed by atoms with Crippen LogP contribution in [0.5, 0.6) is 0 Å². The molecule has 4 rings (SSSR count). The number of anilines is 1. The van der Waals surface area contributed by atoms with E-state index in [2.05, 4.69) is 16.8 Å². The average molecular weight is 384 g/mol. The minimum atomic E-state index is -3.76. The summed E-state index contributed by atoms with van der Waals surface area (Å²) in [6, 6.07) is 13.0. The van der Waals surface area contributed by atoms with Crippen LogP contribution in [0, 0.1) is 11.7 Å². The van der Waals surface area contributed by atoms with E-state index in [0.29, 0.717) is 17.0 Å². The van der Waals surface area contributed by atoms with E-state index in [1.807, 2.05) is 0 Å². The van der Waals surface area contributed by atoms with Gasteiger partial charge in [-0.15, -0.1) is 0 Å². The summed E-state index contributed by atoms with van der Waals surface area (Å²) in [5, 5.41) is 0.543. The Labute approximate surface area is 158 Å². The lowest BCUT2D eigenvalue weighted by atomic mass is 9.98. The van der Waals surface area contributed by atoms with Crippen molar-refractivity contribution in [1.29, 1.82) is 0 Å². The van der Waals surface area contributed by atoms with Crippen LogP contribution in [0.1, 0.15) is 19.8 Å². The Morgan fingerprint density at radius 2 is 1.74 bits per heavy atom. The lowest BCUT2D eigenvalue weighted by Gasteiger charge is -2.34. The molecule has 1 aliphatic heterocycles.